The minimum Gasteiger partial charge on any atom is -0.336 e. The molecule has 1 aliphatic heterocycles. The molecule has 3 rings (SSSR count). The van der Waals surface area contributed by atoms with Gasteiger partial charge >= 0.3 is 0 Å². The van der Waals surface area contributed by atoms with Crippen molar-refractivity contribution in [1.29, 1.82) is 0 Å². The Bertz CT molecular complexity index is 998. The predicted molar refractivity (Wildman–Crippen MR) is 134 cm³/mol. The summed E-state index contributed by atoms with van der Waals surface area (Å²) >= 11 is 0. The van der Waals surface area contributed by atoms with Crippen LogP contribution >= 0.6 is 0 Å². The van der Waals surface area contributed by atoms with E-state index in [9.17, 15) is 18.4 Å². The number of carbonyl (C=O) groups is 2. The average molecular weight is 487 g/mol. The Morgan fingerprint density at radius 2 is 1.63 bits per heavy atom. The van der Waals surface area contributed by atoms with E-state index in [1.54, 1.807) is 4.90 Å². The molecule has 0 N–H and O–H groups in total. The molecule has 0 unspecified atom stereocenters. The van der Waals surface area contributed by atoms with Crippen molar-refractivity contribution < 1.29 is 18.4 Å². The molecule has 190 valence electrons. The van der Waals surface area contributed by atoms with Gasteiger partial charge in [-0.3, -0.25) is 19.4 Å². The van der Waals surface area contributed by atoms with E-state index >= 15 is 0 Å². The third-order valence-corrected chi connectivity index (χ3v) is 6.55. The summed E-state index contributed by atoms with van der Waals surface area (Å²) in [5, 5.41) is 0. The first-order valence-electron chi connectivity index (χ1n) is 12.3. The zero-order valence-corrected chi connectivity index (χ0v) is 21.0. The van der Waals surface area contributed by atoms with Crippen LogP contribution in [0.3, 0.4) is 0 Å². The number of likely N-dealkylation sites (N-methyl/N-ethyl adjacent to an activating group) is 1. The van der Waals surface area contributed by atoms with Gasteiger partial charge in [0.05, 0.1) is 12.2 Å². The number of anilines is 1. The van der Waals surface area contributed by atoms with Gasteiger partial charge in [0.2, 0.25) is 11.8 Å². The van der Waals surface area contributed by atoms with Crippen LogP contribution in [0.4, 0.5) is 14.5 Å². The fourth-order valence-electron chi connectivity index (χ4n) is 4.47. The van der Waals surface area contributed by atoms with Crippen LogP contribution in [-0.2, 0) is 22.7 Å². The largest absolute Gasteiger partial charge is 0.336 e. The summed E-state index contributed by atoms with van der Waals surface area (Å²) in [4.78, 5) is 33.4. The molecule has 2 aromatic rings. The van der Waals surface area contributed by atoms with Gasteiger partial charge in [-0.1, -0.05) is 44.2 Å². The number of benzene rings is 2. The highest BCUT2D eigenvalue weighted by molar-refractivity contribution is 5.92. The quantitative estimate of drug-likeness (QED) is 0.622. The molecule has 8 heteroatoms. The third-order valence-electron chi connectivity index (χ3n) is 6.55. The first kappa shape index (κ1) is 26.8. The zero-order chi connectivity index (χ0) is 25.4. The van der Waals surface area contributed by atoms with E-state index in [2.05, 4.69) is 17.0 Å². The fourth-order valence-corrected chi connectivity index (χ4v) is 4.47. The predicted octanol–water partition coefficient (Wildman–Crippen LogP) is 3.89. The molecule has 0 atom stereocenters. The van der Waals surface area contributed by atoms with Crippen molar-refractivity contribution >= 4 is 17.5 Å². The number of nitrogens with zero attached hydrogens (tertiary/aromatic N) is 4. The van der Waals surface area contributed by atoms with E-state index in [-0.39, 0.29) is 24.9 Å². The van der Waals surface area contributed by atoms with Crippen LogP contribution < -0.4 is 4.90 Å². The van der Waals surface area contributed by atoms with Gasteiger partial charge in [-0.2, -0.15) is 0 Å². The molecule has 0 bridgehead atoms. The minimum absolute atomic E-state index is 0.0716. The number of amides is 2. The second kappa shape index (κ2) is 12.7. The number of halogens is 2. The van der Waals surface area contributed by atoms with Crippen LogP contribution in [0.25, 0.3) is 0 Å². The second-order valence-corrected chi connectivity index (χ2v) is 8.96. The maximum absolute atomic E-state index is 14.3. The molecule has 0 aromatic heterocycles. The number of fused-ring (bicyclic) bond motifs is 1. The molecule has 0 saturated heterocycles. The molecule has 0 fully saturated rings. The second-order valence-electron chi connectivity index (χ2n) is 8.96. The van der Waals surface area contributed by atoms with Gasteiger partial charge in [-0.25, -0.2) is 8.78 Å². The summed E-state index contributed by atoms with van der Waals surface area (Å²) in [6.45, 7) is 10.2. The Balaban J connectivity index is 1.95. The van der Waals surface area contributed by atoms with Gasteiger partial charge in [-0.05, 0) is 36.7 Å². The summed E-state index contributed by atoms with van der Waals surface area (Å²) in [5.41, 5.74) is 1.93. The number of hydrogen-bond donors (Lipinski definition) is 0. The Kier molecular flexibility index (Phi) is 9.74. The van der Waals surface area contributed by atoms with Gasteiger partial charge in [0.25, 0.3) is 0 Å². The molecular formula is C27H36F2N4O2. The van der Waals surface area contributed by atoms with Crippen molar-refractivity contribution in [2.24, 2.45) is 0 Å². The lowest BCUT2D eigenvalue weighted by Crippen LogP contribution is -2.43. The first-order chi connectivity index (χ1) is 16.8. The summed E-state index contributed by atoms with van der Waals surface area (Å²) in [5.74, 6) is -2.30. The van der Waals surface area contributed by atoms with E-state index in [0.717, 1.165) is 31.8 Å². The van der Waals surface area contributed by atoms with Gasteiger partial charge in [0.15, 0.2) is 11.6 Å². The number of rotatable bonds is 6. The Morgan fingerprint density at radius 3 is 2.29 bits per heavy atom. The number of carbonyl (C=O) groups excluding carboxylic acids is 2. The topological polar surface area (TPSA) is 47.1 Å². The monoisotopic (exact) mass is 486 g/mol. The molecule has 0 aliphatic carbocycles. The van der Waals surface area contributed by atoms with E-state index in [1.807, 2.05) is 36.9 Å². The Labute approximate surface area is 207 Å². The van der Waals surface area contributed by atoms with E-state index in [0.29, 0.717) is 43.9 Å². The van der Waals surface area contributed by atoms with Crippen LogP contribution in [0.2, 0.25) is 0 Å². The van der Waals surface area contributed by atoms with Crippen molar-refractivity contribution in [3.63, 3.8) is 0 Å². The van der Waals surface area contributed by atoms with Crippen LogP contribution in [-0.4, -0.2) is 72.3 Å². The molecule has 6 nitrogen and oxygen atoms in total. The zero-order valence-electron chi connectivity index (χ0n) is 21.0. The van der Waals surface area contributed by atoms with Crippen LogP contribution in [0.5, 0.6) is 0 Å². The lowest BCUT2D eigenvalue weighted by Gasteiger charge is -2.30. The molecule has 0 spiro atoms. The van der Waals surface area contributed by atoms with E-state index in [4.69, 9.17) is 0 Å². The smallest absolute Gasteiger partial charge is 0.237 e. The standard InChI is InChI=1S/C27H36F2N4O2/c1-4-30(5-2)20-27(35)32-15-14-31(18-22-10-7-6-8-11-22)12-9-13-33(21(3)34)26-17-25(29)24(28)16-23(26)19-32/h6-8,10-11,16-17H,4-5,9,12-15,18-20H2,1-3H3. The maximum Gasteiger partial charge on any atom is 0.237 e. The Hall–Kier alpha value is -2.84. The fraction of sp³-hybridized carbons (Fsp3) is 0.481. The van der Waals surface area contributed by atoms with Gasteiger partial charge in [0.1, 0.15) is 0 Å². The van der Waals surface area contributed by atoms with E-state index < -0.39 is 11.6 Å². The lowest BCUT2D eigenvalue weighted by molar-refractivity contribution is -0.133. The average Bonchev–Trinajstić information content (AvgIpc) is 2.87. The highest BCUT2D eigenvalue weighted by atomic mass is 19.2. The molecule has 1 aliphatic rings. The first-order valence-corrected chi connectivity index (χ1v) is 12.3. The minimum atomic E-state index is -1.00. The molecule has 0 saturated carbocycles. The van der Waals surface area contributed by atoms with Gasteiger partial charge < -0.3 is 9.80 Å². The normalized spacial score (nSPS) is 15.6. The van der Waals surface area contributed by atoms with Gasteiger partial charge in [0, 0.05) is 52.3 Å². The molecule has 35 heavy (non-hydrogen) atoms. The molecular weight excluding hydrogens is 450 g/mol. The third kappa shape index (κ3) is 7.32. The van der Waals surface area contributed by atoms with Crippen LogP contribution in [0, 0.1) is 11.6 Å². The Morgan fingerprint density at radius 1 is 0.943 bits per heavy atom. The summed E-state index contributed by atoms with van der Waals surface area (Å²) in [7, 11) is 0. The highest BCUT2D eigenvalue weighted by Crippen LogP contribution is 2.27. The lowest BCUT2D eigenvalue weighted by atomic mass is 10.1. The van der Waals surface area contributed by atoms with Crippen molar-refractivity contribution in [2.75, 3.05) is 50.7 Å². The maximum atomic E-state index is 14.3. The van der Waals surface area contributed by atoms with Crippen LogP contribution in [0.1, 0.15) is 38.3 Å². The molecule has 1 heterocycles. The van der Waals surface area contributed by atoms with Crippen molar-refractivity contribution in [2.45, 2.75) is 40.3 Å². The van der Waals surface area contributed by atoms with Gasteiger partial charge in [-0.15, -0.1) is 0 Å². The SMILES string of the molecule is CCN(CC)CC(=O)N1CCN(Cc2ccccc2)CCCN(C(C)=O)c2cc(F)c(F)cc2C1. The summed E-state index contributed by atoms with van der Waals surface area (Å²) in [6, 6.07) is 12.3. The van der Waals surface area contributed by atoms with Crippen molar-refractivity contribution in [3.05, 3.63) is 65.2 Å². The molecule has 2 aromatic carbocycles. The summed E-state index contributed by atoms with van der Waals surface area (Å²) in [6.07, 6.45) is 0.665. The van der Waals surface area contributed by atoms with E-state index in [1.165, 1.54) is 17.4 Å². The highest BCUT2D eigenvalue weighted by Gasteiger charge is 2.25. The van der Waals surface area contributed by atoms with Crippen molar-refractivity contribution in [3.8, 4) is 0 Å². The summed E-state index contributed by atoms with van der Waals surface area (Å²) < 4.78 is 28.5. The van der Waals surface area contributed by atoms with Crippen LogP contribution in [0.15, 0.2) is 42.5 Å². The van der Waals surface area contributed by atoms with Crippen molar-refractivity contribution in [1.82, 2.24) is 14.7 Å². The molecule has 0 radical (unpaired) electrons. The number of hydrogen-bond acceptors (Lipinski definition) is 4. The molecule has 2 amide bonds.